The summed E-state index contributed by atoms with van der Waals surface area (Å²) >= 11 is 0. The highest BCUT2D eigenvalue weighted by atomic mass is 16.6. The van der Waals surface area contributed by atoms with Gasteiger partial charge in [-0.15, -0.1) is 0 Å². The minimum absolute atomic E-state index is 0.00810. The maximum absolute atomic E-state index is 10.6. The largest absolute Gasteiger partial charge is 0.346 e. The molecule has 0 unspecified atom stereocenters. The van der Waals surface area contributed by atoms with Gasteiger partial charge in [-0.3, -0.25) is 30.3 Å². The van der Waals surface area contributed by atoms with Crippen molar-refractivity contribution < 1.29 is 14.8 Å². The molecule has 90 valence electrons. The molecule has 0 saturated carbocycles. The summed E-state index contributed by atoms with van der Waals surface area (Å²) in [6.07, 6.45) is -0.00810. The number of nitrogens with zero attached hydrogens (tertiary/aromatic N) is 3. The predicted octanol–water partition coefficient (Wildman–Crippen LogP) is 1.32. The van der Waals surface area contributed by atoms with Crippen molar-refractivity contribution in [2.45, 2.75) is 6.42 Å². The van der Waals surface area contributed by atoms with E-state index in [9.17, 15) is 30.3 Å². The van der Waals surface area contributed by atoms with E-state index in [4.69, 9.17) is 0 Å². The summed E-state index contributed by atoms with van der Waals surface area (Å²) < 4.78 is 0. The highest BCUT2D eigenvalue weighted by molar-refractivity contribution is 5.54. The third-order valence-electron chi connectivity index (χ3n) is 2.02. The van der Waals surface area contributed by atoms with Crippen LogP contribution in [0, 0.1) is 30.3 Å². The van der Waals surface area contributed by atoms with Gasteiger partial charge in [0.25, 0.3) is 0 Å². The van der Waals surface area contributed by atoms with E-state index in [2.05, 4.69) is 0 Å². The van der Waals surface area contributed by atoms with E-state index in [-0.39, 0.29) is 13.0 Å². The van der Waals surface area contributed by atoms with Crippen molar-refractivity contribution in [3.63, 3.8) is 0 Å². The number of hydrogen-bond donors (Lipinski definition) is 0. The molecule has 0 atom stereocenters. The maximum atomic E-state index is 10.6. The third-order valence-corrected chi connectivity index (χ3v) is 2.02. The monoisotopic (exact) mass is 241 g/mol. The Kier molecular flexibility index (Phi) is 3.65. The van der Waals surface area contributed by atoms with Crippen LogP contribution in [0.3, 0.4) is 0 Å². The van der Waals surface area contributed by atoms with Gasteiger partial charge in [0, 0.05) is 23.5 Å². The van der Waals surface area contributed by atoms with Gasteiger partial charge in [-0.2, -0.15) is 0 Å². The van der Waals surface area contributed by atoms with Crippen molar-refractivity contribution >= 4 is 11.4 Å². The average molecular weight is 241 g/mol. The molecule has 0 aliphatic heterocycles. The van der Waals surface area contributed by atoms with Crippen molar-refractivity contribution in [3.05, 3.63) is 54.1 Å². The van der Waals surface area contributed by atoms with Crippen LogP contribution in [0.15, 0.2) is 18.2 Å². The van der Waals surface area contributed by atoms with Gasteiger partial charge in [0.05, 0.1) is 9.85 Å². The number of hydrogen-bond acceptors (Lipinski definition) is 6. The molecule has 1 aromatic rings. The molecule has 0 amide bonds. The van der Waals surface area contributed by atoms with Gasteiger partial charge in [0.15, 0.2) is 0 Å². The summed E-state index contributed by atoms with van der Waals surface area (Å²) in [4.78, 5) is 28.9. The zero-order chi connectivity index (χ0) is 13.0. The smallest absolute Gasteiger partial charge is 0.265 e. The molecule has 1 rings (SSSR count). The fourth-order valence-corrected chi connectivity index (χ4v) is 1.25. The van der Waals surface area contributed by atoms with Gasteiger partial charge < -0.3 is 0 Å². The quantitative estimate of drug-likeness (QED) is 0.564. The highest BCUT2D eigenvalue weighted by Gasteiger charge is 2.24. The van der Waals surface area contributed by atoms with Gasteiger partial charge in [0.1, 0.15) is 0 Å². The van der Waals surface area contributed by atoms with Gasteiger partial charge in [-0.1, -0.05) is 6.07 Å². The normalized spacial score (nSPS) is 9.88. The van der Waals surface area contributed by atoms with Crippen molar-refractivity contribution in [2.24, 2.45) is 0 Å². The molecule has 9 nitrogen and oxygen atoms in total. The lowest BCUT2D eigenvalue weighted by Gasteiger charge is -1.98. The first kappa shape index (κ1) is 12.5. The molecule has 0 radical (unpaired) electrons. The van der Waals surface area contributed by atoms with E-state index in [1.165, 1.54) is 6.07 Å². The minimum atomic E-state index is -0.881. The van der Waals surface area contributed by atoms with Gasteiger partial charge in [0.2, 0.25) is 6.54 Å². The first-order valence-electron chi connectivity index (χ1n) is 4.45. The predicted molar refractivity (Wildman–Crippen MR) is 55.3 cm³/mol. The van der Waals surface area contributed by atoms with Crippen LogP contribution in [-0.4, -0.2) is 21.3 Å². The van der Waals surface area contributed by atoms with Crippen LogP contribution in [0.25, 0.3) is 0 Å². The second-order valence-corrected chi connectivity index (χ2v) is 3.14. The van der Waals surface area contributed by atoms with Crippen molar-refractivity contribution in [1.82, 2.24) is 0 Å². The Labute approximate surface area is 94.1 Å². The fourth-order valence-electron chi connectivity index (χ4n) is 1.25. The van der Waals surface area contributed by atoms with Crippen LogP contribution in [0.5, 0.6) is 0 Å². The highest BCUT2D eigenvalue weighted by Crippen LogP contribution is 2.27. The molecule has 9 heteroatoms. The second kappa shape index (κ2) is 4.96. The summed E-state index contributed by atoms with van der Waals surface area (Å²) in [5, 5.41) is 31.2. The number of nitro groups is 3. The fraction of sp³-hybridized carbons (Fsp3) is 0.250. The number of benzene rings is 1. The van der Waals surface area contributed by atoms with Crippen LogP contribution >= 0.6 is 0 Å². The van der Waals surface area contributed by atoms with E-state index in [0.29, 0.717) is 5.56 Å². The molecular formula is C8H7N3O6. The van der Waals surface area contributed by atoms with E-state index >= 15 is 0 Å². The van der Waals surface area contributed by atoms with Crippen LogP contribution in [0.1, 0.15) is 5.56 Å². The molecule has 0 saturated heterocycles. The Morgan fingerprint density at radius 2 is 1.53 bits per heavy atom. The molecule has 0 aromatic heterocycles. The summed E-state index contributed by atoms with van der Waals surface area (Å²) in [5.41, 5.74) is -0.963. The molecule has 0 N–H and O–H groups in total. The van der Waals surface area contributed by atoms with Crippen LogP contribution in [0.2, 0.25) is 0 Å². The lowest BCUT2D eigenvalue weighted by molar-refractivity contribution is -0.479. The standard InChI is InChI=1S/C8H7N3O6/c12-9(13)4-3-6-1-2-7(10(14)15)8(5-6)11(16)17/h1-2,5H,3-4H2. The molecule has 1 aromatic carbocycles. The van der Waals surface area contributed by atoms with Crippen LogP contribution in [-0.2, 0) is 6.42 Å². The van der Waals surface area contributed by atoms with Crippen LogP contribution < -0.4 is 0 Å². The molecule has 0 aliphatic carbocycles. The topological polar surface area (TPSA) is 129 Å². The summed E-state index contributed by atoms with van der Waals surface area (Å²) in [6, 6.07) is 3.24. The number of rotatable bonds is 5. The van der Waals surface area contributed by atoms with E-state index in [0.717, 1.165) is 12.1 Å². The lowest BCUT2D eigenvalue weighted by atomic mass is 10.1. The van der Waals surface area contributed by atoms with E-state index in [1.807, 2.05) is 0 Å². The molecule has 0 heterocycles. The van der Waals surface area contributed by atoms with Gasteiger partial charge in [-0.25, -0.2) is 0 Å². The molecule has 0 bridgehead atoms. The van der Waals surface area contributed by atoms with E-state index in [1.54, 1.807) is 0 Å². The molecule has 17 heavy (non-hydrogen) atoms. The Morgan fingerprint density at radius 1 is 0.941 bits per heavy atom. The number of nitro benzene ring substituents is 2. The first-order chi connectivity index (χ1) is 7.91. The average Bonchev–Trinajstić information content (AvgIpc) is 2.25. The SMILES string of the molecule is O=[N+]([O-])CCc1ccc([N+](=O)[O-])c([N+](=O)[O-])c1. The second-order valence-electron chi connectivity index (χ2n) is 3.14. The maximum Gasteiger partial charge on any atom is 0.346 e. The Balaban J connectivity index is 3.05. The summed E-state index contributed by atoms with van der Waals surface area (Å²) in [5.74, 6) is 0. The molecule has 0 spiro atoms. The lowest BCUT2D eigenvalue weighted by Crippen LogP contribution is -2.05. The zero-order valence-corrected chi connectivity index (χ0v) is 8.44. The van der Waals surface area contributed by atoms with Gasteiger partial charge >= 0.3 is 11.4 Å². The zero-order valence-electron chi connectivity index (χ0n) is 8.44. The minimum Gasteiger partial charge on any atom is -0.265 e. The van der Waals surface area contributed by atoms with Gasteiger partial charge in [-0.05, 0) is 5.56 Å². The van der Waals surface area contributed by atoms with Crippen LogP contribution in [0.4, 0.5) is 11.4 Å². The van der Waals surface area contributed by atoms with E-state index < -0.39 is 26.1 Å². The Bertz CT molecular complexity index is 486. The molecule has 0 aliphatic rings. The van der Waals surface area contributed by atoms with Crippen molar-refractivity contribution in [1.29, 1.82) is 0 Å². The molecular weight excluding hydrogens is 234 g/mol. The summed E-state index contributed by atoms with van der Waals surface area (Å²) in [6.45, 7) is -0.380. The Hall–Kier alpha value is -2.58. The van der Waals surface area contributed by atoms with Crippen molar-refractivity contribution in [2.75, 3.05) is 6.54 Å². The Morgan fingerprint density at radius 3 is 2.00 bits per heavy atom. The first-order valence-corrected chi connectivity index (χ1v) is 4.45. The third kappa shape index (κ3) is 3.19. The molecule has 0 fully saturated rings. The van der Waals surface area contributed by atoms with Crippen molar-refractivity contribution in [3.8, 4) is 0 Å². The summed E-state index contributed by atoms with van der Waals surface area (Å²) in [7, 11) is 0.